The monoisotopic (exact) mass is 210 g/mol. The maximum absolute atomic E-state index is 3.57. The Hall–Kier alpha value is -0.160. The normalized spacial score (nSPS) is 40.4. The minimum atomic E-state index is 0.246. The van der Waals surface area contributed by atoms with E-state index in [2.05, 4.69) is 34.7 Å². The van der Waals surface area contributed by atoms with Gasteiger partial charge in [0.05, 0.1) is 11.3 Å². The molecule has 1 saturated carbocycles. The Labute approximate surface area is 91.9 Å². The van der Waals surface area contributed by atoms with Crippen LogP contribution in [0.4, 0.5) is 0 Å². The predicted octanol–water partition coefficient (Wildman–Crippen LogP) is 1.02. The molecule has 0 amide bonds. The van der Waals surface area contributed by atoms with Crippen LogP contribution in [0.15, 0.2) is 0 Å². The minimum Gasteiger partial charge on any atom is -0.233 e. The van der Waals surface area contributed by atoms with E-state index >= 15 is 0 Å². The average Bonchev–Trinajstić information content (AvgIpc) is 3.03. The summed E-state index contributed by atoms with van der Waals surface area (Å²) in [6.07, 6.45) is 6.93. The van der Waals surface area contributed by atoms with Gasteiger partial charge in [0.2, 0.25) is 0 Å². The summed E-state index contributed by atoms with van der Waals surface area (Å²) in [4.78, 5) is 0. The lowest BCUT2D eigenvalue weighted by molar-refractivity contribution is 0.289. The number of nitrogens with one attached hydrogen (secondary N) is 2. The van der Waals surface area contributed by atoms with E-state index in [-0.39, 0.29) is 5.66 Å². The third kappa shape index (κ3) is 1.80. The third-order valence-corrected chi connectivity index (χ3v) is 4.07. The van der Waals surface area contributed by atoms with Crippen molar-refractivity contribution >= 4 is 0 Å². The van der Waals surface area contributed by atoms with Gasteiger partial charge in [0.25, 0.3) is 0 Å². The molecule has 1 spiro atoms. The summed E-state index contributed by atoms with van der Waals surface area (Å²) < 4.78 is 0. The summed E-state index contributed by atoms with van der Waals surface area (Å²) in [5, 5.41) is 4.76. The number of nitrogens with zero attached hydrogens (tertiary/aromatic N) is 2. The molecule has 0 aromatic carbocycles. The molecule has 4 heteroatoms. The summed E-state index contributed by atoms with van der Waals surface area (Å²) in [6, 6.07) is 0. The Morgan fingerprint density at radius 1 is 0.933 bits per heavy atom. The van der Waals surface area contributed by atoms with Gasteiger partial charge in [0, 0.05) is 13.1 Å². The Morgan fingerprint density at radius 2 is 1.53 bits per heavy atom. The Morgan fingerprint density at radius 3 is 2.13 bits per heavy atom. The summed E-state index contributed by atoms with van der Waals surface area (Å²) >= 11 is 0. The van der Waals surface area contributed by atoms with Crippen LogP contribution < -0.4 is 10.9 Å². The fraction of sp³-hybridized carbons (Fsp3) is 1.00. The van der Waals surface area contributed by atoms with Gasteiger partial charge in [-0.2, -0.15) is 0 Å². The Kier molecular flexibility index (Phi) is 2.12. The third-order valence-electron chi connectivity index (χ3n) is 4.07. The Bertz CT molecular complexity index is 257. The SMILES string of the molecule is CC1(C)NN1CC[N@@]1NC12CCCCC2. The van der Waals surface area contributed by atoms with Gasteiger partial charge in [0.15, 0.2) is 0 Å². The van der Waals surface area contributed by atoms with Gasteiger partial charge >= 0.3 is 0 Å². The van der Waals surface area contributed by atoms with E-state index in [4.69, 9.17) is 0 Å². The molecule has 4 nitrogen and oxygen atoms in total. The van der Waals surface area contributed by atoms with Crippen molar-refractivity contribution in [3.63, 3.8) is 0 Å². The highest BCUT2D eigenvalue weighted by Gasteiger charge is 2.52. The molecule has 2 saturated heterocycles. The highest BCUT2D eigenvalue weighted by atomic mass is 15.8. The molecule has 2 N–H and O–H groups in total. The number of hydrogen-bond donors (Lipinski definition) is 2. The molecule has 3 rings (SSSR count). The molecule has 3 fully saturated rings. The fourth-order valence-corrected chi connectivity index (χ4v) is 2.86. The highest BCUT2D eigenvalue weighted by molar-refractivity contribution is 5.00. The summed E-state index contributed by atoms with van der Waals surface area (Å²) in [5.74, 6) is 0. The van der Waals surface area contributed by atoms with Crippen LogP contribution in [0.25, 0.3) is 0 Å². The maximum Gasteiger partial charge on any atom is 0.0974 e. The number of hydrazine groups is 2. The van der Waals surface area contributed by atoms with E-state index in [1.807, 2.05) is 0 Å². The smallest absolute Gasteiger partial charge is 0.0974 e. The minimum absolute atomic E-state index is 0.246. The van der Waals surface area contributed by atoms with Gasteiger partial charge in [-0.05, 0) is 26.7 Å². The van der Waals surface area contributed by atoms with Crippen LogP contribution in [0.1, 0.15) is 46.0 Å². The zero-order chi connectivity index (χ0) is 10.5. The zero-order valence-corrected chi connectivity index (χ0v) is 9.84. The molecule has 0 radical (unpaired) electrons. The first-order valence-electron chi connectivity index (χ1n) is 6.23. The molecule has 0 bridgehead atoms. The van der Waals surface area contributed by atoms with Gasteiger partial charge < -0.3 is 0 Å². The topological polar surface area (TPSA) is 49.9 Å². The first kappa shape index (κ1) is 10.0. The van der Waals surface area contributed by atoms with Crippen LogP contribution in [0, 0.1) is 0 Å². The van der Waals surface area contributed by atoms with E-state index in [1.54, 1.807) is 0 Å². The summed E-state index contributed by atoms with van der Waals surface area (Å²) in [6.45, 7) is 6.72. The van der Waals surface area contributed by atoms with Crippen LogP contribution in [-0.2, 0) is 0 Å². The highest BCUT2D eigenvalue weighted by Crippen LogP contribution is 2.39. The van der Waals surface area contributed by atoms with Crippen LogP contribution in [0.2, 0.25) is 0 Å². The molecule has 86 valence electrons. The van der Waals surface area contributed by atoms with Crippen molar-refractivity contribution in [2.45, 2.75) is 57.3 Å². The van der Waals surface area contributed by atoms with Gasteiger partial charge in [-0.15, -0.1) is 0 Å². The maximum atomic E-state index is 3.57. The van der Waals surface area contributed by atoms with Crippen molar-refractivity contribution in [1.29, 1.82) is 0 Å². The van der Waals surface area contributed by atoms with E-state index in [0.29, 0.717) is 5.66 Å². The van der Waals surface area contributed by atoms with E-state index in [9.17, 15) is 0 Å². The van der Waals surface area contributed by atoms with E-state index < -0.39 is 0 Å². The molecular formula is C11H22N4. The molecule has 0 aromatic rings. The first-order valence-corrected chi connectivity index (χ1v) is 6.23. The first-order chi connectivity index (χ1) is 7.12. The summed E-state index contributed by atoms with van der Waals surface area (Å²) in [5.41, 5.74) is 7.60. The molecule has 2 atom stereocenters. The number of rotatable bonds is 3. The lowest BCUT2D eigenvalue weighted by Gasteiger charge is -2.19. The second-order valence-corrected chi connectivity index (χ2v) is 5.68. The Balaban J connectivity index is 1.43. The molecular weight excluding hydrogens is 188 g/mol. The van der Waals surface area contributed by atoms with Crippen LogP contribution in [0.5, 0.6) is 0 Å². The standard InChI is InChI=1S/C11H22N4/c1-10(2)12-14(10)8-9-15-11(13-15)6-4-3-5-7-11/h12-13H,3-9H2,1-2H3/t14?,15-/m1/s1. The fourth-order valence-electron chi connectivity index (χ4n) is 2.86. The molecule has 2 aliphatic heterocycles. The van der Waals surface area contributed by atoms with Gasteiger partial charge in [-0.3, -0.25) is 0 Å². The predicted molar refractivity (Wildman–Crippen MR) is 59.6 cm³/mol. The van der Waals surface area contributed by atoms with Crippen LogP contribution in [0.3, 0.4) is 0 Å². The van der Waals surface area contributed by atoms with Crippen molar-refractivity contribution in [3.8, 4) is 0 Å². The van der Waals surface area contributed by atoms with Gasteiger partial charge in [-0.25, -0.2) is 20.9 Å². The van der Waals surface area contributed by atoms with Crippen molar-refractivity contribution in [1.82, 2.24) is 20.9 Å². The molecule has 0 aromatic heterocycles. The molecule has 1 unspecified atom stereocenters. The van der Waals surface area contributed by atoms with Gasteiger partial charge in [-0.1, -0.05) is 19.3 Å². The molecule has 2 heterocycles. The van der Waals surface area contributed by atoms with E-state index in [1.165, 1.54) is 32.1 Å². The largest absolute Gasteiger partial charge is 0.233 e. The quantitative estimate of drug-likeness (QED) is 0.683. The zero-order valence-electron chi connectivity index (χ0n) is 9.84. The van der Waals surface area contributed by atoms with Crippen molar-refractivity contribution in [3.05, 3.63) is 0 Å². The molecule has 1 aliphatic carbocycles. The molecule has 3 aliphatic rings. The second kappa shape index (κ2) is 3.17. The van der Waals surface area contributed by atoms with Gasteiger partial charge in [0.1, 0.15) is 0 Å². The second-order valence-electron chi connectivity index (χ2n) is 5.68. The van der Waals surface area contributed by atoms with Crippen LogP contribution in [-0.4, -0.2) is 34.4 Å². The van der Waals surface area contributed by atoms with Crippen molar-refractivity contribution < 1.29 is 0 Å². The molecule has 15 heavy (non-hydrogen) atoms. The van der Waals surface area contributed by atoms with Crippen molar-refractivity contribution in [2.24, 2.45) is 0 Å². The lowest BCUT2D eigenvalue weighted by Crippen LogP contribution is -2.26. The average molecular weight is 210 g/mol. The van der Waals surface area contributed by atoms with E-state index in [0.717, 1.165) is 13.1 Å². The van der Waals surface area contributed by atoms with Crippen molar-refractivity contribution in [2.75, 3.05) is 13.1 Å². The number of hydrogen-bond acceptors (Lipinski definition) is 4. The van der Waals surface area contributed by atoms with Crippen LogP contribution >= 0.6 is 0 Å². The lowest BCUT2D eigenvalue weighted by atomic mass is 9.92. The summed E-state index contributed by atoms with van der Waals surface area (Å²) in [7, 11) is 0.